The van der Waals surface area contributed by atoms with Gasteiger partial charge in [-0.05, 0) is 12.5 Å². The van der Waals surface area contributed by atoms with Crippen LogP contribution < -0.4 is 16.4 Å². The number of hydrogen-bond acceptors (Lipinski definition) is 4. The zero-order chi connectivity index (χ0) is 13.5. The molecule has 0 unspecified atom stereocenters. The molecule has 100 valence electrons. The summed E-state index contributed by atoms with van der Waals surface area (Å²) in [6.07, 6.45) is 1.18. The molecule has 5 nitrogen and oxygen atoms in total. The first kappa shape index (κ1) is 14.9. The zero-order valence-corrected chi connectivity index (χ0v) is 11.6. The molecule has 0 spiro atoms. The van der Waals surface area contributed by atoms with Crippen molar-refractivity contribution in [2.24, 2.45) is 5.73 Å². The minimum atomic E-state index is -0.378. The van der Waals surface area contributed by atoms with Gasteiger partial charge in [-0.15, -0.1) is 0 Å². The standard InChI is InChI=1S/C11H16Cl2N4O/c1-2-4-15-10-7(12)6-8(13)11(17-10)16-5-3-9(14)18/h6H,2-5H2,1H3,(H2,14,18)(H2,15,16,17). The molecule has 0 aliphatic heterocycles. The van der Waals surface area contributed by atoms with Crippen LogP contribution in [0.25, 0.3) is 0 Å². The predicted molar refractivity (Wildman–Crippen MR) is 75.3 cm³/mol. The maximum atomic E-state index is 10.6. The summed E-state index contributed by atoms with van der Waals surface area (Å²) in [4.78, 5) is 14.9. The number of amides is 1. The van der Waals surface area contributed by atoms with Crippen LogP contribution in [0.5, 0.6) is 0 Å². The Morgan fingerprint density at radius 3 is 2.33 bits per heavy atom. The van der Waals surface area contributed by atoms with Gasteiger partial charge < -0.3 is 16.4 Å². The van der Waals surface area contributed by atoms with Crippen LogP contribution in [-0.2, 0) is 4.79 Å². The number of hydrogen-bond donors (Lipinski definition) is 3. The topological polar surface area (TPSA) is 80.0 Å². The van der Waals surface area contributed by atoms with Gasteiger partial charge >= 0.3 is 0 Å². The van der Waals surface area contributed by atoms with E-state index in [1.165, 1.54) is 0 Å². The molecule has 7 heteroatoms. The highest BCUT2D eigenvalue weighted by Gasteiger charge is 2.08. The molecule has 18 heavy (non-hydrogen) atoms. The van der Waals surface area contributed by atoms with Crippen LogP contribution in [0.15, 0.2) is 6.07 Å². The third kappa shape index (κ3) is 4.58. The third-order valence-electron chi connectivity index (χ3n) is 2.14. The summed E-state index contributed by atoms with van der Waals surface area (Å²) in [6, 6.07) is 1.61. The minimum absolute atomic E-state index is 0.221. The van der Waals surface area contributed by atoms with Gasteiger partial charge in [-0.25, -0.2) is 4.98 Å². The normalized spacial score (nSPS) is 10.2. The largest absolute Gasteiger partial charge is 0.370 e. The fourth-order valence-corrected chi connectivity index (χ4v) is 1.75. The molecule has 1 aromatic heterocycles. The van der Waals surface area contributed by atoms with E-state index in [2.05, 4.69) is 15.6 Å². The smallest absolute Gasteiger partial charge is 0.219 e. The van der Waals surface area contributed by atoms with E-state index in [0.717, 1.165) is 13.0 Å². The Hall–Kier alpha value is -1.20. The molecule has 0 fully saturated rings. The van der Waals surface area contributed by atoms with Gasteiger partial charge in [-0.2, -0.15) is 0 Å². The summed E-state index contributed by atoms with van der Waals surface area (Å²) in [5.74, 6) is 0.683. The van der Waals surface area contributed by atoms with Gasteiger partial charge in [0.25, 0.3) is 0 Å². The van der Waals surface area contributed by atoms with Gasteiger partial charge in [0.15, 0.2) is 0 Å². The quantitative estimate of drug-likeness (QED) is 0.721. The van der Waals surface area contributed by atoms with Gasteiger partial charge in [0.05, 0.1) is 10.0 Å². The van der Waals surface area contributed by atoms with E-state index in [1.807, 2.05) is 6.92 Å². The molecule has 0 saturated carbocycles. The monoisotopic (exact) mass is 290 g/mol. The van der Waals surface area contributed by atoms with Crippen LogP contribution in [0.1, 0.15) is 19.8 Å². The number of nitrogens with zero attached hydrogens (tertiary/aromatic N) is 1. The van der Waals surface area contributed by atoms with Crippen molar-refractivity contribution in [2.75, 3.05) is 23.7 Å². The van der Waals surface area contributed by atoms with E-state index in [1.54, 1.807) is 6.07 Å². The Bertz CT molecular complexity index is 426. The fourth-order valence-electron chi connectivity index (χ4n) is 1.26. The van der Waals surface area contributed by atoms with Crippen LogP contribution in [0.2, 0.25) is 10.0 Å². The first-order valence-corrected chi connectivity index (χ1v) is 6.42. The van der Waals surface area contributed by atoms with Crippen LogP contribution in [0.4, 0.5) is 11.6 Å². The second kappa shape index (κ2) is 7.28. The molecule has 0 aliphatic rings. The lowest BCUT2D eigenvalue weighted by molar-refractivity contribution is -0.117. The van der Waals surface area contributed by atoms with Crippen molar-refractivity contribution in [3.63, 3.8) is 0 Å². The van der Waals surface area contributed by atoms with Gasteiger partial charge in [0, 0.05) is 19.5 Å². The number of halogens is 2. The molecule has 1 heterocycles. The Labute approximate surface area is 116 Å². The Kier molecular flexibility index (Phi) is 6.01. The van der Waals surface area contributed by atoms with Crippen molar-refractivity contribution in [3.05, 3.63) is 16.1 Å². The van der Waals surface area contributed by atoms with Crippen LogP contribution in [-0.4, -0.2) is 24.0 Å². The lowest BCUT2D eigenvalue weighted by Gasteiger charge is -2.11. The first-order valence-electron chi connectivity index (χ1n) is 5.66. The number of anilines is 2. The maximum absolute atomic E-state index is 10.6. The molecule has 0 aliphatic carbocycles. The second-order valence-electron chi connectivity index (χ2n) is 3.72. The van der Waals surface area contributed by atoms with E-state index < -0.39 is 0 Å². The lowest BCUT2D eigenvalue weighted by Crippen LogP contribution is -2.16. The molecule has 0 radical (unpaired) electrons. The lowest BCUT2D eigenvalue weighted by atomic mass is 10.3. The number of nitrogens with two attached hydrogens (primary N) is 1. The van der Waals surface area contributed by atoms with Crippen molar-refractivity contribution < 1.29 is 4.79 Å². The average Bonchev–Trinajstić information content (AvgIpc) is 2.30. The first-order chi connectivity index (χ1) is 8.54. The summed E-state index contributed by atoms with van der Waals surface area (Å²) in [5, 5.41) is 6.92. The SMILES string of the molecule is CCCNc1nc(NCCC(N)=O)c(Cl)cc1Cl. The van der Waals surface area contributed by atoms with Gasteiger partial charge in [0.1, 0.15) is 11.6 Å². The molecular weight excluding hydrogens is 275 g/mol. The molecule has 0 saturated heterocycles. The number of primary amides is 1. The summed E-state index contributed by atoms with van der Waals surface area (Å²) in [7, 11) is 0. The number of carbonyl (C=O) groups excluding carboxylic acids is 1. The molecule has 4 N–H and O–H groups in total. The summed E-state index contributed by atoms with van der Waals surface area (Å²) in [6.45, 7) is 3.20. The average molecular weight is 291 g/mol. The second-order valence-corrected chi connectivity index (χ2v) is 4.53. The zero-order valence-electron chi connectivity index (χ0n) is 10.1. The molecule has 0 atom stereocenters. The van der Waals surface area contributed by atoms with Crippen LogP contribution in [0, 0.1) is 0 Å². The fraction of sp³-hybridized carbons (Fsp3) is 0.455. The van der Waals surface area contributed by atoms with E-state index in [-0.39, 0.29) is 12.3 Å². The van der Waals surface area contributed by atoms with E-state index in [4.69, 9.17) is 28.9 Å². The number of carbonyl (C=O) groups is 1. The van der Waals surface area contributed by atoms with Crippen LogP contribution in [0.3, 0.4) is 0 Å². The molecule has 1 rings (SSSR count). The van der Waals surface area contributed by atoms with E-state index in [0.29, 0.717) is 28.2 Å². The van der Waals surface area contributed by atoms with Crippen molar-refractivity contribution in [2.45, 2.75) is 19.8 Å². The molecule has 1 amide bonds. The highest BCUT2D eigenvalue weighted by molar-refractivity contribution is 6.37. The summed E-state index contributed by atoms with van der Waals surface area (Å²) < 4.78 is 0. The van der Waals surface area contributed by atoms with Crippen molar-refractivity contribution in [3.8, 4) is 0 Å². The minimum Gasteiger partial charge on any atom is -0.370 e. The molecule has 1 aromatic rings. The molecule has 0 aromatic carbocycles. The number of rotatable bonds is 7. The van der Waals surface area contributed by atoms with Crippen molar-refractivity contribution >= 4 is 40.7 Å². The van der Waals surface area contributed by atoms with Crippen molar-refractivity contribution in [1.82, 2.24) is 4.98 Å². The third-order valence-corrected chi connectivity index (χ3v) is 2.71. The number of nitrogens with one attached hydrogen (secondary N) is 2. The molecular formula is C11H16Cl2N4O. The molecule has 0 bridgehead atoms. The Morgan fingerprint density at radius 2 is 1.83 bits per heavy atom. The summed E-state index contributed by atoms with van der Waals surface area (Å²) in [5.41, 5.74) is 5.05. The summed E-state index contributed by atoms with van der Waals surface area (Å²) >= 11 is 12.0. The Balaban J connectivity index is 2.74. The van der Waals surface area contributed by atoms with Crippen LogP contribution >= 0.6 is 23.2 Å². The predicted octanol–water partition coefficient (Wildman–Crippen LogP) is 2.50. The maximum Gasteiger partial charge on any atom is 0.219 e. The van der Waals surface area contributed by atoms with E-state index in [9.17, 15) is 4.79 Å². The van der Waals surface area contributed by atoms with Crippen molar-refractivity contribution in [1.29, 1.82) is 0 Å². The van der Waals surface area contributed by atoms with Gasteiger partial charge in [0.2, 0.25) is 5.91 Å². The highest BCUT2D eigenvalue weighted by Crippen LogP contribution is 2.29. The number of aromatic nitrogens is 1. The van der Waals surface area contributed by atoms with Gasteiger partial charge in [-0.3, -0.25) is 4.79 Å². The van der Waals surface area contributed by atoms with E-state index >= 15 is 0 Å². The van der Waals surface area contributed by atoms with Gasteiger partial charge in [-0.1, -0.05) is 30.1 Å². The Morgan fingerprint density at radius 1 is 1.28 bits per heavy atom. The number of pyridine rings is 1. The highest BCUT2D eigenvalue weighted by atomic mass is 35.5.